The summed E-state index contributed by atoms with van der Waals surface area (Å²) in [6.45, 7) is 7.52. The molecular formula is C13H23N3. The number of anilines is 2. The largest absolute Gasteiger partial charge is 0.399 e. The van der Waals surface area contributed by atoms with Crippen LogP contribution in [0.5, 0.6) is 0 Å². The van der Waals surface area contributed by atoms with E-state index in [1.165, 1.54) is 11.3 Å². The molecule has 0 saturated carbocycles. The number of nitrogens with two attached hydrogens (primary N) is 1. The maximum Gasteiger partial charge on any atom is 0.0371 e. The van der Waals surface area contributed by atoms with Gasteiger partial charge in [0.25, 0.3) is 0 Å². The van der Waals surface area contributed by atoms with Crippen LogP contribution in [0.25, 0.3) is 0 Å². The first-order valence-corrected chi connectivity index (χ1v) is 5.92. The van der Waals surface area contributed by atoms with Crippen molar-refractivity contribution in [2.45, 2.75) is 20.3 Å². The van der Waals surface area contributed by atoms with Gasteiger partial charge in [0.15, 0.2) is 0 Å². The van der Waals surface area contributed by atoms with E-state index in [9.17, 15) is 0 Å². The summed E-state index contributed by atoms with van der Waals surface area (Å²) in [6, 6.07) is 5.99. The molecule has 0 bridgehead atoms. The average molecular weight is 221 g/mol. The molecule has 1 aromatic rings. The van der Waals surface area contributed by atoms with Gasteiger partial charge in [0, 0.05) is 17.9 Å². The molecule has 3 nitrogen and oxygen atoms in total. The predicted molar refractivity (Wildman–Crippen MR) is 71.9 cm³/mol. The maximum absolute atomic E-state index is 5.71. The molecule has 0 spiro atoms. The Morgan fingerprint density at radius 1 is 1.38 bits per heavy atom. The molecule has 3 N–H and O–H groups in total. The minimum atomic E-state index is 0.828. The average Bonchev–Trinajstić information content (AvgIpc) is 2.26. The van der Waals surface area contributed by atoms with Gasteiger partial charge in [0.05, 0.1) is 0 Å². The Labute approximate surface area is 98.6 Å². The van der Waals surface area contributed by atoms with Crippen molar-refractivity contribution in [1.29, 1.82) is 0 Å². The maximum atomic E-state index is 5.71. The van der Waals surface area contributed by atoms with Crippen LogP contribution in [-0.4, -0.2) is 31.6 Å². The van der Waals surface area contributed by atoms with Crippen molar-refractivity contribution >= 4 is 11.4 Å². The Bertz CT molecular complexity index is 323. The van der Waals surface area contributed by atoms with E-state index in [1.807, 2.05) is 18.2 Å². The molecule has 90 valence electrons. The summed E-state index contributed by atoms with van der Waals surface area (Å²) in [4.78, 5) is 2.32. The van der Waals surface area contributed by atoms with Gasteiger partial charge in [-0.15, -0.1) is 0 Å². The van der Waals surface area contributed by atoms with E-state index in [0.29, 0.717) is 0 Å². The highest BCUT2D eigenvalue weighted by molar-refractivity contribution is 5.57. The van der Waals surface area contributed by atoms with Gasteiger partial charge in [-0.2, -0.15) is 0 Å². The highest BCUT2D eigenvalue weighted by atomic mass is 15.1. The lowest BCUT2D eigenvalue weighted by Gasteiger charge is -2.14. The van der Waals surface area contributed by atoms with Gasteiger partial charge in [-0.25, -0.2) is 0 Å². The summed E-state index contributed by atoms with van der Waals surface area (Å²) in [5.74, 6) is 0. The normalized spacial score (nSPS) is 10.8. The van der Waals surface area contributed by atoms with Gasteiger partial charge < -0.3 is 16.0 Å². The molecule has 0 amide bonds. The predicted octanol–water partition coefficient (Wildman–Crippen LogP) is 2.33. The number of benzene rings is 1. The Kier molecular flexibility index (Phi) is 5.12. The third-order valence-electron chi connectivity index (χ3n) is 2.82. The van der Waals surface area contributed by atoms with Gasteiger partial charge in [-0.3, -0.25) is 0 Å². The monoisotopic (exact) mass is 221 g/mol. The smallest absolute Gasteiger partial charge is 0.0371 e. The second kappa shape index (κ2) is 6.38. The third kappa shape index (κ3) is 4.11. The van der Waals surface area contributed by atoms with Crippen LogP contribution in [0.3, 0.4) is 0 Å². The van der Waals surface area contributed by atoms with Gasteiger partial charge in [-0.1, -0.05) is 6.92 Å². The van der Waals surface area contributed by atoms with E-state index in [0.717, 1.165) is 31.7 Å². The fourth-order valence-electron chi connectivity index (χ4n) is 1.62. The molecule has 0 aliphatic carbocycles. The number of nitrogens with zero attached hydrogens (tertiary/aromatic N) is 1. The fourth-order valence-corrected chi connectivity index (χ4v) is 1.62. The van der Waals surface area contributed by atoms with E-state index in [1.54, 1.807) is 0 Å². The quantitative estimate of drug-likeness (QED) is 0.572. The highest BCUT2D eigenvalue weighted by Gasteiger charge is 1.98. The van der Waals surface area contributed by atoms with Crippen molar-refractivity contribution in [3.63, 3.8) is 0 Å². The Morgan fingerprint density at radius 3 is 2.75 bits per heavy atom. The Balaban J connectivity index is 2.32. The second-order valence-electron chi connectivity index (χ2n) is 4.25. The van der Waals surface area contributed by atoms with Crippen LogP contribution < -0.4 is 11.1 Å². The SMILES string of the molecule is CCN(C)CCCNc1ccc(N)cc1C. The number of nitrogens with one attached hydrogen (secondary N) is 1. The summed E-state index contributed by atoms with van der Waals surface area (Å²) < 4.78 is 0. The zero-order chi connectivity index (χ0) is 12.0. The van der Waals surface area contributed by atoms with Crippen LogP contribution >= 0.6 is 0 Å². The molecule has 0 aliphatic heterocycles. The lowest BCUT2D eigenvalue weighted by molar-refractivity contribution is 0.351. The summed E-state index contributed by atoms with van der Waals surface area (Å²) in [6.07, 6.45) is 1.16. The fraction of sp³-hybridized carbons (Fsp3) is 0.538. The first-order valence-electron chi connectivity index (χ1n) is 5.92. The molecule has 16 heavy (non-hydrogen) atoms. The van der Waals surface area contributed by atoms with Gasteiger partial charge in [-0.05, 0) is 57.2 Å². The van der Waals surface area contributed by atoms with Crippen molar-refractivity contribution in [3.05, 3.63) is 23.8 Å². The van der Waals surface area contributed by atoms with Crippen molar-refractivity contribution in [1.82, 2.24) is 4.90 Å². The minimum absolute atomic E-state index is 0.828. The van der Waals surface area contributed by atoms with Crippen LogP contribution in [0.15, 0.2) is 18.2 Å². The van der Waals surface area contributed by atoms with Crippen molar-refractivity contribution in [2.24, 2.45) is 0 Å². The number of hydrogen-bond acceptors (Lipinski definition) is 3. The highest BCUT2D eigenvalue weighted by Crippen LogP contribution is 2.17. The first-order chi connectivity index (χ1) is 7.63. The van der Waals surface area contributed by atoms with E-state index in [-0.39, 0.29) is 0 Å². The summed E-state index contributed by atoms with van der Waals surface area (Å²) >= 11 is 0. The molecule has 0 aliphatic rings. The molecule has 3 heteroatoms. The number of nitrogen functional groups attached to an aromatic ring is 1. The summed E-state index contributed by atoms with van der Waals surface area (Å²) in [7, 11) is 2.15. The van der Waals surface area contributed by atoms with Crippen molar-refractivity contribution in [2.75, 3.05) is 37.7 Å². The Hall–Kier alpha value is -1.22. The molecular weight excluding hydrogens is 198 g/mol. The zero-order valence-electron chi connectivity index (χ0n) is 10.6. The van der Waals surface area contributed by atoms with E-state index < -0.39 is 0 Å². The van der Waals surface area contributed by atoms with Gasteiger partial charge in [0.2, 0.25) is 0 Å². The molecule has 0 atom stereocenters. The number of rotatable bonds is 6. The molecule has 1 rings (SSSR count). The summed E-state index contributed by atoms with van der Waals surface area (Å²) in [5.41, 5.74) is 8.93. The second-order valence-corrected chi connectivity index (χ2v) is 4.25. The number of hydrogen-bond donors (Lipinski definition) is 2. The number of aryl methyl sites for hydroxylation is 1. The lowest BCUT2D eigenvalue weighted by Crippen LogP contribution is -2.21. The summed E-state index contributed by atoms with van der Waals surface area (Å²) in [5, 5.41) is 3.44. The molecule has 0 unspecified atom stereocenters. The van der Waals surface area contributed by atoms with E-state index >= 15 is 0 Å². The van der Waals surface area contributed by atoms with Crippen molar-refractivity contribution < 1.29 is 0 Å². The van der Waals surface area contributed by atoms with Crippen LogP contribution in [0, 0.1) is 6.92 Å². The minimum Gasteiger partial charge on any atom is -0.399 e. The van der Waals surface area contributed by atoms with Crippen LogP contribution in [0.1, 0.15) is 18.9 Å². The van der Waals surface area contributed by atoms with Gasteiger partial charge >= 0.3 is 0 Å². The molecule has 1 aromatic carbocycles. The van der Waals surface area contributed by atoms with Crippen LogP contribution in [0.4, 0.5) is 11.4 Å². The molecule has 0 saturated heterocycles. The Morgan fingerprint density at radius 2 is 2.12 bits per heavy atom. The van der Waals surface area contributed by atoms with Crippen LogP contribution in [-0.2, 0) is 0 Å². The molecule has 0 heterocycles. The van der Waals surface area contributed by atoms with Crippen molar-refractivity contribution in [3.8, 4) is 0 Å². The molecule has 0 aromatic heterocycles. The van der Waals surface area contributed by atoms with Gasteiger partial charge in [0.1, 0.15) is 0 Å². The molecule has 0 radical (unpaired) electrons. The van der Waals surface area contributed by atoms with E-state index in [2.05, 4.69) is 31.1 Å². The standard InChI is InChI=1S/C13H23N3/c1-4-16(3)9-5-8-15-13-7-6-12(14)10-11(13)2/h6-7,10,15H,4-5,8-9,14H2,1-3H3. The molecule has 0 fully saturated rings. The third-order valence-corrected chi connectivity index (χ3v) is 2.82. The first kappa shape index (κ1) is 12.8. The lowest BCUT2D eigenvalue weighted by atomic mass is 10.2. The zero-order valence-corrected chi connectivity index (χ0v) is 10.6. The van der Waals surface area contributed by atoms with E-state index in [4.69, 9.17) is 5.73 Å². The van der Waals surface area contributed by atoms with Crippen LogP contribution in [0.2, 0.25) is 0 Å². The topological polar surface area (TPSA) is 41.3 Å².